The Hall–Kier alpha value is -0.430. The Morgan fingerprint density at radius 3 is 2.78 bits per heavy atom. The number of hydrogen-bond donors (Lipinski definition) is 2. The molecule has 0 unspecified atom stereocenters. The van der Waals surface area contributed by atoms with Gasteiger partial charge in [-0.25, -0.2) is 10.8 Å². The van der Waals surface area contributed by atoms with Crippen molar-refractivity contribution in [2.75, 3.05) is 5.43 Å². The van der Waals surface area contributed by atoms with E-state index < -0.39 is 0 Å². The van der Waals surface area contributed by atoms with Crippen LogP contribution in [0.1, 0.15) is 0 Å². The summed E-state index contributed by atoms with van der Waals surface area (Å²) in [4.78, 5) is 7.82. The van der Waals surface area contributed by atoms with Crippen LogP contribution in [0.2, 0.25) is 0 Å². The van der Waals surface area contributed by atoms with E-state index in [0.717, 1.165) is 3.70 Å². The molecule has 48 valence electrons. The van der Waals surface area contributed by atoms with Crippen LogP contribution in [0.4, 0.5) is 5.82 Å². The zero-order valence-electron chi connectivity index (χ0n) is 4.50. The maximum absolute atomic E-state index is 5.06. The lowest BCUT2D eigenvalue weighted by atomic mass is 10.7. The van der Waals surface area contributed by atoms with Crippen molar-refractivity contribution < 1.29 is 0 Å². The maximum atomic E-state index is 5.06. The lowest BCUT2D eigenvalue weighted by Gasteiger charge is -1.95. The maximum Gasteiger partial charge on any atom is 0.159 e. The van der Waals surface area contributed by atoms with Gasteiger partial charge in [-0.05, 0) is 22.6 Å². The van der Waals surface area contributed by atoms with E-state index in [1.54, 1.807) is 12.4 Å². The van der Waals surface area contributed by atoms with E-state index in [1.807, 2.05) is 0 Å². The van der Waals surface area contributed by atoms with Crippen molar-refractivity contribution in [2.45, 2.75) is 0 Å². The first-order valence-corrected chi connectivity index (χ1v) is 3.35. The van der Waals surface area contributed by atoms with Gasteiger partial charge < -0.3 is 5.43 Å². The van der Waals surface area contributed by atoms with Crippen molar-refractivity contribution in [1.29, 1.82) is 0 Å². The van der Waals surface area contributed by atoms with Gasteiger partial charge in [0, 0.05) is 0 Å². The van der Waals surface area contributed by atoms with Crippen molar-refractivity contribution in [1.82, 2.24) is 9.97 Å². The van der Waals surface area contributed by atoms with Crippen molar-refractivity contribution in [3.8, 4) is 0 Å². The molecule has 1 rings (SSSR count). The first kappa shape index (κ1) is 6.69. The third kappa shape index (κ3) is 1.75. The molecule has 3 N–H and O–H groups in total. The molecule has 0 amide bonds. The fourth-order valence-electron chi connectivity index (χ4n) is 0.412. The monoisotopic (exact) mass is 236 g/mol. The highest BCUT2D eigenvalue weighted by Gasteiger charge is 1.89. The average molecular weight is 236 g/mol. The fourth-order valence-corrected chi connectivity index (χ4v) is 0.832. The van der Waals surface area contributed by atoms with Crippen LogP contribution in [0.25, 0.3) is 0 Å². The molecule has 0 saturated carbocycles. The first-order chi connectivity index (χ1) is 4.33. The average Bonchev–Trinajstić information content (AvgIpc) is 1.88. The quantitative estimate of drug-likeness (QED) is 0.420. The van der Waals surface area contributed by atoms with E-state index in [1.165, 1.54) is 0 Å². The molecule has 0 spiro atoms. The first-order valence-electron chi connectivity index (χ1n) is 2.27. The number of hydrogen-bond acceptors (Lipinski definition) is 4. The van der Waals surface area contributed by atoms with Gasteiger partial charge in [0.2, 0.25) is 0 Å². The van der Waals surface area contributed by atoms with Crippen molar-refractivity contribution >= 4 is 28.4 Å². The van der Waals surface area contributed by atoms with Gasteiger partial charge in [-0.3, -0.25) is 4.98 Å². The zero-order valence-corrected chi connectivity index (χ0v) is 6.66. The van der Waals surface area contributed by atoms with Gasteiger partial charge in [-0.15, -0.1) is 0 Å². The lowest BCUT2D eigenvalue weighted by Crippen LogP contribution is -2.08. The van der Waals surface area contributed by atoms with Gasteiger partial charge in [0.1, 0.15) is 3.70 Å². The Balaban J connectivity index is 2.94. The predicted octanol–water partition coefficient (Wildman–Crippen LogP) is 0.367. The smallest absolute Gasteiger partial charge is 0.159 e. The highest BCUT2D eigenvalue weighted by atomic mass is 127. The third-order valence-corrected chi connectivity index (χ3v) is 1.27. The SMILES string of the molecule is NNc1cncc(I)n1. The van der Waals surface area contributed by atoms with Crippen molar-refractivity contribution in [3.63, 3.8) is 0 Å². The molecular weight excluding hydrogens is 231 g/mol. The van der Waals surface area contributed by atoms with Gasteiger partial charge >= 0.3 is 0 Å². The number of anilines is 1. The number of nitrogen functional groups attached to an aromatic ring is 1. The molecule has 0 aliphatic carbocycles. The van der Waals surface area contributed by atoms with E-state index >= 15 is 0 Å². The number of aromatic nitrogens is 2. The molecule has 0 aliphatic rings. The van der Waals surface area contributed by atoms with E-state index in [2.05, 4.69) is 38.0 Å². The van der Waals surface area contributed by atoms with Crippen LogP contribution < -0.4 is 11.3 Å². The fraction of sp³-hybridized carbons (Fsp3) is 0. The van der Waals surface area contributed by atoms with E-state index in [4.69, 9.17) is 5.84 Å². The number of nitrogens with two attached hydrogens (primary N) is 1. The van der Waals surface area contributed by atoms with Crippen LogP contribution in [-0.4, -0.2) is 9.97 Å². The van der Waals surface area contributed by atoms with Crippen LogP contribution in [-0.2, 0) is 0 Å². The van der Waals surface area contributed by atoms with Gasteiger partial charge in [-0.2, -0.15) is 0 Å². The van der Waals surface area contributed by atoms with Crippen LogP contribution in [0.15, 0.2) is 12.4 Å². The molecule has 0 saturated heterocycles. The van der Waals surface area contributed by atoms with Gasteiger partial charge in [0.25, 0.3) is 0 Å². The van der Waals surface area contributed by atoms with Gasteiger partial charge in [-0.1, -0.05) is 0 Å². The molecule has 0 atom stereocenters. The Kier molecular flexibility index (Phi) is 2.17. The van der Waals surface area contributed by atoms with Gasteiger partial charge in [0.05, 0.1) is 12.4 Å². The lowest BCUT2D eigenvalue weighted by molar-refractivity contribution is 1.13. The summed E-state index contributed by atoms with van der Waals surface area (Å²) in [6, 6.07) is 0. The standard InChI is InChI=1S/C4H5IN4/c5-3-1-7-2-4(8-3)9-6/h1-2H,6H2,(H,8,9). The summed E-state index contributed by atoms with van der Waals surface area (Å²) in [6.07, 6.45) is 3.21. The second-order valence-corrected chi connectivity index (χ2v) is 2.48. The molecule has 4 nitrogen and oxygen atoms in total. The van der Waals surface area contributed by atoms with E-state index in [-0.39, 0.29) is 0 Å². The topological polar surface area (TPSA) is 63.8 Å². The molecule has 5 heteroatoms. The summed E-state index contributed by atoms with van der Waals surface area (Å²) >= 11 is 2.06. The number of nitrogens with zero attached hydrogens (tertiary/aromatic N) is 2. The molecule has 0 aromatic carbocycles. The van der Waals surface area contributed by atoms with Crippen LogP contribution in [0.3, 0.4) is 0 Å². The summed E-state index contributed by atoms with van der Waals surface area (Å²) in [5, 5.41) is 0. The molecule has 0 fully saturated rings. The molecule has 1 aromatic heterocycles. The van der Waals surface area contributed by atoms with Crippen LogP contribution >= 0.6 is 22.6 Å². The minimum Gasteiger partial charge on any atom is -0.307 e. The van der Waals surface area contributed by atoms with E-state index in [0.29, 0.717) is 5.82 Å². The summed E-state index contributed by atoms with van der Waals surface area (Å²) in [5.41, 5.74) is 2.39. The Labute approximate surface area is 66.0 Å². The van der Waals surface area contributed by atoms with Crippen molar-refractivity contribution in [3.05, 3.63) is 16.1 Å². The summed E-state index contributed by atoms with van der Waals surface area (Å²) in [6.45, 7) is 0. The molecule has 0 aliphatic heterocycles. The highest BCUT2D eigenvalue weighted by Crippen LogP contribution is 2.01. The molecule has 0 radical (unpaired) electrons. The second-order valence-electron chi connectivity index (χ2n) is 1.37. The normalized spacial score (nSPS) is 9.11. The largest absolute Gasteiger partial charge is 0.307 e. The molecular formula is C4H5IN4. The summed E-state index contributed by atoms with van der Waals surface area (Å²) in [7, 11) is 0. The summed E-state index contributed by atoms with van der Waals surface area (Å²) < 4.78 is 0.822. The number of hydrazine groups is 1. The Bertz CT molecular complexity index is 202. The minimum atomic E-state index is 0.585. The van der Waals surface area contributed by atoms with E-state index in [9.17, 15) is 0 Å². The summed E-state index contributed by atoms with van der Waals surface area (Å²) in [5.74, 6) is 5.65. The van der Waals surface area contributed by atoms with Crippen LogP contribution in [0, 0.1) is 3.70 Å². The van der Waals surface area contributed by atoms with Crippen LogP contribution in [0.5, 0.6) is 0 Å². The molecule has 0 bridgehead atoms. The highest BCUT2D eigenvalue weighted by molar-refractivity contribution is 14.1. The number of nitrogens with one attached hydrogen (secondary N) is 1. The molecule has 1 aromatic rings. The predicted molar refractivity (Wildman–Crippen MR) is 42.6 cm³/mol. The second kappa shape index (κ2) is 2.92. The minimum absolute atomic E-state index is 0.585. The number of halogens is 1. The molecule has 1 heterocycles. The number of rotatable bonds is 1. The third-order valence-electron chi connectivity index (χ3n) is 0.753. The zero-order chi connectivity index (χ0) is 6.69. The van der Waals surface area contributed by atoms with Crippen molar-refractivity contribution in [2.24, 2.45) is 5.84 Å². The Morgan fingerprint density at radius 2 is 2.33 bits per heavy atom. The van der Waals surface area contributed by atoms with Gasteiger partial charge in [0.15, 0.2) is 5.82 Å². The molecule has 9 heavy (non-hydrogen) atoms. The Morgan fingerprint density at radius 1 is 1.56 bits per heavy atom.